The molecule has 0 saturated heterocycles. The van der Waals surface area contributed by atoms with Crippen molar-refractivity contribution in [2.75, 3.05) is 7.11 Å². The van der Waals surface area contributed by atoms with E-state index >= 15 is 0 Å². The van der Waals surface area contributed by atoms with Gasteiger partial charge in [0.2, 0.25) is 5.88 Å². The van der Waals surface area contributed by atoms with Crippen LogP contribution in [0.2, 0.25) is 0 Å². The first-order valence-corrected chi connectivity index (χ1v) is 6.24. The number of aryl methyl sites for hydroxylation is 1. The maximum Gasteiger partial charge on any atom is 0.219 e. The molecule has 0 spiro atoms. The fourth-order valence-corrected chi connectivity index (χ4v) is 1.99. The van der Waals surface area contributed by atoms with Crippen molar-refractivity contribution in [2.24, 2.45) is 0 Å². The summed E-state index contributed by atoms with van der Waals surface area (Å²) in [7, 11) is 1.59. The van der Waals surface area contributed by atoms with Crippen LogP contribution in [0.25, 0.3) is 11.1 Å². The van der Waals surface area contributed by atoms with Gasteiger partial charge in [-0.05, 0) is 24.3 Å². The van der Waals surface area contributed by atoms with Crippen LogP contribution in [0.3, 0.4) is 0 Å². The van der Waals surface area contributed by atoms with Crippen LogP contribution in [0.4, 0.5) is 0 Å². The van der Waals surface area contributed by atoms with Gasteiger partial charge in [0.1, 0.15) is 17.9 Å². The summed E-state index contributed by atoms with van der Waals surface area (Å²) < 4.78 is 16.4. The summed E-state index contributed by atoms with van der Waals surface area (Å²) in [5.41, 5.74) is 2.44. The number of methoxy groups -OCH3 is 1. The molecule has 0 aliphatic rings. The number of fused-ring (bicyclic) bond motifs is 1. The van der Waals surface area contributed by atoms with Gasteiger partial charge in [-0.15, -0.1) is 0 Å². The lowest BCUT2D eigenvalue weighted by atomic mass is 10.3. The number of rotatable bonds is 4. The summed E-state index contributed by atoms with van der Waals surface area (Å²) in [6.45, 7) is 2.21. The monoisotopic (exact) mass is 270 g/mol. The van der Waals surface area contributed by atoms with E-state index in [9.17, 15) is 0 Å². The topological polar surface area (TPSA) is 57.4 Å². The standard InChI is InChI=1S/C15H14N2O3/c1-10-17-13-8-12(5-6-14(13)20-10)19-9-11-4-3-7-16-15(11)18-2/h3-8H,9H2,1-2H3. The molecule has 0 fully saturated rings. The Morgan fingerprint density at radius 2 is 2.15 bits per heavy atom. The van der Waals surface area contributed by atoms with Crippen molar-refractivity contribution in [3.63, 3.8) is 0 Å². The van der Waals surface area contributed by atoms with E-state index in [0.717, 1.165) is 22.4 Å². The third kappa shape index (κ3) is 2.42. The second-order valence-corrected chi connectivity index (χ2v) is 4.32. The molecule has 0 bridgehead atoms. The molecule has 0 unspecified atom stereocenters. The van der Waals surface area contributed by atoms with E-state index in [-0.39, 0.29) is 0 Å². The highest BCUT2D eigenvalue weighted by Crippen LogP contribution is 2.23. The third-order valence-corrected chi connectivity index (χ3v) is 2.90. The second-order valence-electron chi connectivity index (χ2n) is 4.32. The van der Waals surface area contributed by atoms with Crippen LogP contribution < -0.4 is 9.47 Å². The lowest BCUT2D eigenvalue weighted by molar-refractivity contribution is 0.294. The summed E-state index contributed by atoms with van der Waals surface area (Å²) in [6, 6.07) is 9.34. The van der Waals surface area contributed by atoms with Crippen LogP contribution in [0.15, 0.2) is 40.9 Å². The largest absolute Gasteiger partial charge is 0.489 e. The predicted molar refractivity (Wildman–Crippen MR) is 73.9 cm³/mol. The van der Waals surface area contributed by atoms with Crippen molar-refractivity contribution in [3.05, 3.63) is 48.0 Å². The van der Waals surface area contributed by atoms with E-state index in [1.54, 1.807) is 13.3 Å². The molecule has 2 heterocycles. The molecule has 0 atom stereocenters. The van der Waals surface area contributed by atoms with Crippen LogP contribution in [-0.2, 0) is 6.61 Å². The Hall–Kier alpha value is -2.56. The number of oxazole rings is 1. The van der Waals surface area contributed by atoms with Crippen molar-refractivity contribution >= 4 is 11.1 Å². The van der Waals surface area contributed by atoms with Crippen molar-refractivity contribution < 1.29 is 13.9 Å². The molecule has 1 aromatic carbocycles. The van der Waals surface area contributed by atoms with Gasteiger partial charge in [0.05, 0.1) is 12.7 Å². The fraction of sp³-hybridized carbons (Fsp3) is 0.200. The highest BCUT2D eigenvalue weighted by atomic mass is 16.5. The molecule has 3 aromatic rings. The van der Waals surface area contributed by atoms with Crippen molar-refractivity contribution in [2.45, 2.75) is 13.5 Å². The van der Waals surface area contributed by atoms with Crippen LogP contribution in [0.5, 0.6) is 11.6 Å². The number of hydrogen-bond acceptors (Lipinski definition) is 5. The van der Waals surface area contributed by atoms with E-state index in [4.69, 9.17) is 13.9 Å². The van der Waals surface area contributed by atoms with Gasteiger partial charge in [-0.3, -0.25) is 0 Å². The van der Waals surface area contributed by atoms with Gasteiger partial charge in [-0.1, -0.05) is 0 Å². The molecule has 0 aliphatic heterocycles. The van der Waals surface area contributed by atoms with Gasteiger partial charge in [-0.25, -0.2) is 9.97 Å². The minimum absolute atomic E-state index is 0.388. The zero-order chi connectivity index (χ0) is 13.9. The number of aromatic nitrogens is 2. The van der Waals surface area contributed by atoms with E-state index in [2.05, 4.69) is 9.97 Å². The highest BCUT2D eigenvalue weighted by molar-refractivity contribution is 5.74. The van der Waals surface area contributed by atoms with Gasteiger partial charge in [-0.2, -0.15) is 0 Å². The number of pyridine rings is 1. The van der Waals surface area contributed by atoms with Gasteiger partial charge in [0, 0.05) is 19.2 Å². The first kappa shape index (κ1) is 12.5. The Bertz CT molecular complexity index is 737. The van der Waals surface area contributed by atoms with Crippen molar-refractivity contribution in [1.29, 1.82) is 0 Å². The number of benzene rings is 1. The molecule has 2 aromatic heterocycles. The highest BCUT2D eigenvalue weighted by Gasteiger charge is 2.06. The Kier molecular flexibility index (Phi) is 3.25. The molecule has 0 radical (unpaired) electrons. The first-order chi connectivity index (χ1) is 9.76. The first-order valence-electron chi connectivity index (χ1n) is 6.24. The molecule has 0 saturated carbocycles. The molecule has 0 amide bonds. The molecule has 0 aliphatic carbocycles. The van der Waals surface area contributed by atoms with Crippen LogP contribution in [0, 0.1) is 6.92 Å². The number of ether oxygens (including phenoxy) is 2. The van der Waals surface area contributed by atoms with E-state index in [0.29, 0.717) is 18.4 Å². The average molecular weight is 270 g/mol. The van der Waals surface area contributed by atoms with Gasteiger partial charge in [0.25, 0.3) is 0 Å². The number of nitrogens with zero attached hydrogens (tertiary/aromatic N) is 2. The average Bonchev–Trinajstić information content (AvgIpc) is 2.84. The summed E-state index contributed by atoms with van der Waals surface area (Å²) in [4.78, 5) is 8.41. The van der Waals surface area contributed by atoms with E-state index in [1.165, 1.54) is 0 Å². The zero-order valence-corrected chi connectivity index (χ0v) is 11.3. The minimum atomic E-state index is 0.388. The van der Waals surface area contributed by atoms with Crippen molar-refractivity contribution in [1.82, 2.24) is 9.97 Å². The van der Waals surface area contributed by atoms with Crippen LogP contribution in [-0.4, -0.2) is 17.1 Å². The van der Waals surface area contributed by atoms with Crippen LogP contribution in [0.1, 0.15) is 11.5 Å². The Labute approximate surface area is 116 Å². The van der Waals surface area contributed by atoms with Gasteiger partial charge >= 0.3 is 0 Å². The predicted octanol–water partition coefficient (Wildman–Crippen LogP) is 3.12. The maximum atomic E-state index is 5.75. The minimum Gasteiger partial charge on any atom is -0.489 e. The lowest BCUT2D eigenvalue weighted by Crippen LogP contribution is -2.00. The Balaban J connectivity index is 1.79. The molecule has 20 heavy (non-hydrogen) atoms. The Morgan fingerprint density at radius 1 is 1.25 bits per heavy atom. The number of hydrogen-bond donors (Lipinski definition) is 0. The molecule has 5 nitrogen and oxygen atoms in total. The smallest absolute Gasteiger partial charge is 0.219 e. The summed E-state index contributed by atoms with van der Waals surface area (Å²) >= 11 is 0. The SMILES string of the molecule is COc1ncccc1COc1ccc2oc(C)nc2c1. The quantitative estimate of drug-likeness (QED) is 0.729. The zero-order valence-electron chi connectivity index (χ0n) is 11.3. The molecule has 5 heteroatoms. The van der Waals surface area contributed by atoms with Gasteiger partial charge < -0.3 is 13.9 Å². The molecular formula is C15H14N2O3. The molecule has 3 rings (SSSR count). The Morgan fingerprint density at radius 3 is 3.00 bits per heavy atom. The maximum absolute atomic E-state index is 5.75. The normalized spacial score (nSPS) is 10.7. The van der Waals surface area contributed by atoms with E-state index in [1.807, 2.05) is 37.3 Å². The lowest BCUT2D eigenvalue weighted by Gasteiger charge is -2.08. The molecule has 102 valence electrons. The van der Waals surface area contributed by atoms with Gasteiger partial charge in [0.15, 0.2) is 11.5 Å². The second kappa shape index (κ2) is 5.21. The van der Waals surface area contributed by atoms with E-state index < -0.39 is 0 Å². The molecular weight excluding hydrogens is 256 g/mol. The fourth-order valence-electron chi connectivity index (χ4n) is 1.99. The van der Waals surface area contributed by atoms with Crippen LogP contribution >= 0.6 is 0 Å². The molecule has 0 N–H and O–H groups in total. The summed E-state index contributed by atoms with van der Waals surface area (Å²) in [5.74, 6) is 1.95. The third-order valence-electron chi connectivity index (χ3n) is 2.90. The summed E-state index contributed by atoms with van der Waals surface area (Å²) in [6.07, 6.45) is 1.69. The van der Waals surface area contributed by atoms with Crippen molar-refractivity contribution in [3.8, 4) is 11.6 Å². The summed E-state index contributed by atoms with van der Waals surface area (Å²) in [5, 5.41) is 0.